The lowest BCUT2D eigenvalue weighted by atomic mass is 10.3. The molecule has 2 aromatic heterocycles. The van der Waals surface area contributed by atoms with Crippen molar-refractivity contribution < 1.29 is 4.79 Å². The highest BCUT2D eigenvalue weighted by atomic mass is 32.1. The molecule has 2 heterocycles. The average molecular weight is 253 g/mol. The number of H-pyrrole nitrogens is 1. The zero-order valence-electron chi connectivity index (χ0n) is 10.0. The summed E-state index contributed by atoms with van der Waals surface area (Å²) >= 11 is 5.23. The summed E-state index contributed by atoms with van der Waals surface area (Å²) < 4.78 is 3.92. The van der Waals surface area contributed by atoms with Crippen LogP contribution in [0.2, 0.25) is 0 Å². The zero-order valence-corrected chi connectivity index (χ0v) is 10.8. The van der Waals surface area contributed by atoms with E-state index < -0.39 is 11.9 Å². The van der Waals surface area contributed by atoms with E-state index in [0.29, 0.717) is 4.77 Å². The SMILES string of the molecule is CCc1nn(C)c2c1[nH]c(=S)n2C(C)C(N)=O. The Kier molecular flexibility index (Phi) is 2.78. The fourth-order valence-electron chi connectivity index (χ4n) is 1.97. The number of aryl methyl sites for hydroxylation is 2. The van der Waals surface area contributed by atoms with Crippen LogP contribution < -0.4 is 5.73 Å². The summed E-state index contributed by atoms with van der Waals surface area (Å²) in [6, 6.07) is -0.489. The van der Waals surface area contributed by atoms with Gasteiger partial charge >= 0.3 is 0 Å². The molecule has 92 valence electrons. The van der Waals surface area contributed by atoms with Crippen LogP contribution >= 0.6 is 12.2 Å². The molecule has 0 saturated heterocycles. The molecule has 0 bridgehead atoms. The molecule has 1 atom stereocenters. The van der Waals surface area contributed by atoms with Gasteiger partial charge < -0.3 is 10.7 Å². The second kappa shape index (κ2) is 3.99. The number of nitrogens with two attached hydrogens (primary N) is 1. The zero-order chi connectivity index (χ0) is 12.7. The number of carbonyl (C=O) groups excluding carboxylic acids is 1. The van der Waals surface area contributed by atoms with Crippen molar-refractivity contribution >= 4 is 29.3 Å². The minimum atomic E-state index is -0.489. The molecule has 0 aliphatic heterocycles. The number of aromatic nitrogens is 4. The molecular weight excluding hydrogens is 238 g/mol. The first-order valence-electron chi connectivity index (χ1n) is 5.42. The maximum Gasteiger partial charge on any atom is 0.240 e. The van der Waals surface area contributed by atoms with Gasteiger partial charge in [-0.2, -0.15) is 5.10 Å². The number of aromatic amines is 1. The van der Waals surface area contributed by atoms with Crippen molar-refractivity contribution in [1.82, 2.24) is 19.3 Å². The van der Waals surface area contributed by atoms with E-state index in [4.69, 9.17) is 18.0 Å². The van der Waals surface area contributed by atoms with Gasteiger partial charge in [-0.15, -0.1) is 0 Å². The van der Waals surface area contributed by atoms with Crippen molar-refractivity contribution in [3.63, 3.8) is 0 Å². The van der Waals surface area contributed by atoms with Crippen molar-refractivity contribution in [1.29, 1.82) is 0 Å². The molecule has 0 aliphatic rings. The van der Waals surface area contributed by atoms with Crippen molar-refractivity contribution in [2.75, 3.05) is 0 Å². The Labute approximate surface area is 103 Å². The fraction of sp³-hybridized carbons (Fsp3) is 0.500. The van der Waals surface area contributed by atoms with Crippen molar-refractivity contribution in [2.45, 2.75) is 26.3 Å². The predicted octanol–water partition coefficient (Wildman–Crippen LogP) is 1.04. The maximum absolute atomic E-state index is 11.3. The lowest BCUT2D eigenvalue weighted by molar-refractivity contribution is -0.120. The standard InChI is InChI=1S/C10H15N5OS/c1-4-6-7-9(14(3)13-6)15(10(17)12-7)5(2)8(11)16/h5H,4H2,1-3H3,(H2,11,16)(H,12,17). The molecule has 3 N–H and O–H groups in total. The summed E-state index contributed by atoms with van der Waals surface area (Å²) in [4.78, 5) is 14.4. The van der Waals surface area contributed by atoms with E-state index >= 15 is 0 Å². The minimum absolute atomic E-state index is 0.416. The second-order valence-corrected chi connectivity index (χ2v) is 4.39. The molecule has 0 aromatic carbocycles. The largest absolute Gasteiger partial charge is 0.368 e. The normalized spacial score (nSPS) is 13.1. The Morgan fingerprint density at radius 3 is 2.82 bits per heavy atom. The van der Waals surface area contributed by atoms with E-state index in [9.17, 15) is 4.79 Å². The molecular formula is C10H15N5OS. The van der Waals surface area contributed by atoms with Crippen LogP contribution in [0.5, 0.6) is 0 Å². The molecule has 6 nitrogen and oxygen atoms in total. The molecule has 0 spiro atoms. The van der Waals surface area contributed by atoms with Crippen LogP contribution in [0.4, 0.5) is 0 Å². The third-order valence-electron chi connectivity index (χ3n) is 2.90. The Morgan fingerprint density at radius 2 is 2.29 bits per heavy atom. The number of amides is 1. The summed E-state index contributed by atoms with van der Waals surface area (Å²) in [5.74, 6) is -0.416. The van der Waals surface area contributed by atoms with Gasteiger partial charge in [-0.25, -0.2) is 0 Å². The van der Waals surface area contributed by atoms with Gasteiger partial charge in [-0.3, -0.25) is 14.0 Å². The number of rotatable bonds is 3. The van der Waals surface area contributed by atoms with Crippen LogP contribution in [0.1, 0.15) is 25.6 Å². The van der Waals surface area contributed by atoms with Crippen LogP contribution in [0.3, 0.4) is 0 Å². The highest BCUT2D eigenvalue weighted by Crippen LogP contribution is 2.21. The van der Waals surface area contributed by atoms with Gasteiger partial charge in [0.15, 0.2) is 10.4 Å². The quantitative estimate of drug-likeness (QED) is 0.802. The molecule has 2 aromatic rings. The topological polar surface area (TPSA) is 81.6 Å². The van der Waals surface area contributed by atoms with Gasteiger partial charge in [0.1, 0.15) is 11.6 Å². The van der Waals surface area contributed by atoms with Gasteiger partial charge in [0.2, 0.25) is 5.91 Å². The number of hydrogen-bond donors (Lipinski definition) is 2. The van der Waals surface area contributed by atoms with Crippen LogP contribution in [-0.2, 0) is 18.3 Å². The summed E-state index contributed by atoms with van der Waals surface area (Å²) in [6.45, 7) is 3.75. The molecule has 0 saturated carbocycles. The van der Waals surface area contributed by atoms with E-state index in [1.54, 1.807) is 16.2 Å². The van der Waals surface area contributed by atoms with Crippen molar-refractivity contribution in [3.05, 3.63) is 10.5 Å². The molecule has 0 aliphatic carbocycles. The monoisotopic (exact) mass is 253 g/mol. The van der Waals surface area contributed by atoms with Crippen LogP contribution in [0.25, 0.3) is 11.2 Å². The highest BCUT2D eigenvalue weighted by molar-refractivity contribution is 7.71. The number of carbonyl (C=O) groups is 1. The number of primary amides is 1. The molecule has 1 unspecified atom stereocenters. The summed E-state index contributed by atoms with van der Waals surface area (Å²) in [5, 5.41) is 4.38. The average Bonchev–Trinajstić information content (AvgIpc) is 2.75. The first kappa shape index (κ1) is 11.8. The molecule has 0 fully saturated rings. The molecule has 17 heavy (non-hydrogen) atoms. The number of nitrogens with zero attached hydrogens (tertiary/aromatic N) is 3. The second-order valence-electron chi connectivity index (χ2n) is 4.00. The number of hydrogen-bond acceptors (Lipinski definition) is 3. The van der Waals surface area contributed by atoms with Crippen LogP contribution in [-0.4, -0.2) is 25.2 Å². The first-order valence-corrected chi connectivity index (χ1v) is 5.83. The van der Waals surface area contributed by atoms with E-state index in [-0.39, 0.29) is 0 Å². The Balaban J connectivity index is 2.80. The Morgan fingerprint density at radius 1 is 1.65 bits per heavy atom. The third kappa shape index (κ3) is 1.66. The summed E-state index contributed by atoms with van der Waals surface area (Å²) in [5.41, 5.74) is 7.95. The summed E-state index contributed by atoms with van der Waals surface area (Å²) in [7, 11) is 1.83. The highest BCUT2D eigenvalue weighted by Gasteiger charge is 2.20. The first-order chi connectivity index (χ1) is 7.97. The van der Waals surface area contributed by atoms with E-state index in [0.717, 1.165) is 23.3 Å². The van der Waals surface area contributed by atoms with Gasteiger partial charge in [-0.1, -0.05) is 6.92 Å². The lowest BCUT2D eigenvalue weighted by Crippen LogP contribution is -2.24. The van der Waals surface area contributed by atoms with E-state index in [2.05, 4.69) is 10.1 Å². The number of fused-ring (bicyclic) bond motifs is 1. The Hall–Kier alpha value is -1.63. The van der Waals surface area contributed by atoms with Gasteiger partial charge in [0.25, 0.3) is 0 Å². The van der Waals surface area contributed by atoms with Crippen LogP contribution in [0.15, 0.2) is 0 Å². The van der Waals surface area contributed by atoms with Gasteiger partial charge in [0, 0.05) is 7.05 Å². The van der Waals surface area contributed by atoms with Gasteiger partial charge in [-0.05, 0) is 25.6 Å². The van der Waals surface area contributed by atoms with Gasteiger partial charge in [0.05, 0.1) is 5.69 Å². The van der Waals surface area contributed by atoms with E-state index in [1.807, 2.05) is 14.0 Å². The fourth-order valence-corrected chi connectivity index (χ4v) is 2.32. The molecule has 2 rings (SSSR count). The van der Waals surface area contributed by atoms with Crippen molar-refractivity contribution in [2.24, 2.45) is 12.8 Å². The summed E-state index contributed by atoms with van der Waals surface area (Å²) in [6.07, 6.45) is 0.803. The van der Waals surface area contributed by atoms with E-state index in [1.165, 1.54) is 0 Å². The number of imidazole rings is 1. The van der Waals surface area contributed by atoms with Crippen molar-refractivity contribution in [3.8, 4) is 0 Å². The lowest BCUT2D eigenvalue weighted by Gasteiger charge is -2.10. The molecule has 0 radical (unpaired) electrons. The third-order valence-corrected chi connectivity index (χ3v) is 3.20. The minimum Gasteiger partial charge on any atom is -0.368 e. The van der Waals surface area contributed by atoms with Crippen LogP contribution in [0, 0.1) is 4.77 Å². The Bertz CT molecular complexity index is 635. The molecule has 7 heteroatoms. The predicted molar refractivity (Wildman–Crippen MR) is 67.2 cm³/mol. The maximum atomic E-state index is 11.3. The molecule has 1 amide bonds. The number of nitrogens with one attached hydrogen (secondary N) is 1. The smallest absolute Gasteiger partial charge is 0.240 e.